The van der Waals surface area contributed by atoms with Gasteiger partial charge in [0.25, 0.3) is 0 Å². The van der Waals surface area contributed by atoms with Crippen molar-refractivity contribution in [2.45, 2.75) is 31.3 Å². The number of hydrogen-bond donors (Lipinski definition) is 4. The molecule has 1 saturated heterocycles. The number of β-amino-alcohol motifs (C(OH)–C–C–N with tert-alkyl or cyclic N) is 1. The van der Waals surface area contributed by atoms with E-state index in [1.807, 2.05) is 0 Å². The SMILES string of the molecule is CCOC(=O)c1ccc(OCCN2CC(O)C(O)[C@H](O)[C@H]2CO)cc1. The first kappa shape index (κ1) is 19.6. The minimum absolute atomic E-state index is 0.134. The maximum absolute atomic E-state index is 11.6. The first-order chi connectivity index (χ1) is 12.0. The number of carbonyl (C=O) groups is 1. The predicted molar refractivity (Wildman–Crippen MR) is 88.4 cm³/mol. The Bertz CT molecular complexity index is 550. The lowest BCUT2D eigenvalue weighted by molar-refractivity contribution is -0.146. The average molecular weight is 355 g/mol. The fourth-order valence-electron chi connectivity index (χ4n) is 2.82. The van der Waals surface area contributed by atoms with E-state index in [9.17, 15) is 25.2 Å². The van der Waals surface area contributed by atoms with Crippen molar-refractivity contribution in [2.24, 2.45) is 0 Å². The zero-order valence-electron chi connectivity index (χ0n) is 14.1. The number of piperidine rings is 1. The average Bonchev–Trinajstić information content (AvgIpc) is 2.61. The second-order valence-corrected chi connectivity index (χ2v) is 5.89. The molecule has 0 spiro atoms. The van der Waals surface area contributed by atoms with Gasteiger partial charge in [0.05, 0.1) is 30.9 Å². The van der Waals surface area contributed by atoms with Gasteiger partial charge in [-0.2, -0.15) is 0 Å². The van der Waals surface area contributed by atoms with Crippen molar-refractivity contribution in [2.75, 3.05) is 32.9 Å². The fourth-order valence-corrected chi connectivity index (χ4v) is 2.82. The molecule has 0 bridgehead atoms. The molecule has 1 heterocycles. The molecule has 1 aromatic rings. The summed E-state index contributed by atoms with van der Waals surface area (Å²) in [5.41, 5.74) is 0.436. The van der Waals surface area contributed by atoms with Crippen molar-refractivity contribution in [3.63, 3.8) is 0 Å². The minimum Gasteiger partial charge on any atom is -0.492 e. The Kier molecular flexibility index (Phi) is 7.15. The number of likely N-dealkylation sites (tertiary alicyclic amines) is 1. The van der Waals surface area contributed by atoms with Crippen molar-refractivity contribution in [3.8, 4) is 5.75 Å². The lowest BCUT2D eigenvalue weighted by atomic mass is 9.94. The molecular formula is C17H25NO7. The largest absolute Gasteiger partial charge is 0.492 e. The van der Waals surface area contributed by atoms with Gasteiger partial charge in [0.1, 0.15) is 24.6 Å². The summed E-state index contributed by atoms with van der Waals surface area (Å²) >= 11 is 0. The van der Waals surface area contributed by atoms with Gasteiger partial charge in [-0.3, -0.25) is 4.90 Å². The van der Waals surface area contributed by atoms with Crippen molar-refractivity contribution in [1.29, 1.82) is 0 Å². The van der Waals surface area contributed by atoms with Crippen LogP contribution in [0.25, 0.3) is 0 Å². The summed E-state index contributed by atoms with van der Waals surface area (Å²) in [6.45, 7) is 2.46. The van der Waals surface area contributed by atoms with Crippen LogP contribution in [0, 0.1) is 0 Å². The maximum atomic E-state index is 11.6. The summed E-state index contributed by atoms with van der Waals surface area (Å²) < 4.78 is 10.5. The topological polar surface area (TPSA) is 120 Å². The smallest absolute Gasteiger partial charge is 0.338 e. The Morgan fingerprint density at radius 3 is 2.48 bits per heavy atom. The van der Waals surface area contributed by atoms with E-state index in [0.29, 0.717) is 24.5 Å². The van der Waals surface area contributed by atoms with Gasteiger partial charge in [0, 0.05) is 13.1 Å². The summed E-state index contributed by atoms with van der Waals surface area (Å²) in [6, 6.07) is 5.86. The molecule has 2 rings (SSSR count). The number of esters is 1. The van der Waals surface area contributed by atoms with Gasteiger partial charge in [-0.05, 0) is 31.2 Å². The van der Waals surface area contributed by atoms with Crippen molar-refractivity contribution >= 4 is 5.97 Å². The van der Waals surface area contributed by atoms with Crippen molar-refractivity contribution in [3.05, 3.63) is 29.8 Å². The summed E-state index contributed by atoms with van der Waals surface area (Å²) in [5.74, 6) is 0.168. The zero-order valence-corrected chi connectivity index (χ0v) is 14.1. The molecule has 4 atom stereocenters. The Hall–Kier alpha value is -1.71. The minimum atomic E-state index is -1.27. The van der Waals surface area contributed by atoms with E-state index in [4.69, 9.17) is 9.47 Å². The highest BCUT2D eigenvalue weighted by Gasteiger charge is 2.40. The Labute approximate surface area is 146 Å². The number of benzene rings is 1. The Morgan fingerprint density at radius 2 is 1.88 bits per heavy atom. The van der Waals surface area contributed by atoms with Crippen LogP contribution in [0.1, 0.15) is 17.3 Å². The first-order valence-corrected chi connectivity index (χ1v) is 8.27. The maximum Gasteiger partial charge on any atom is 0.338 e. The third-order valence-corrected chi connectivity index (χ3v) is 4.23. The molecule has 140 valence electrons. The quantitative estimate of drug-likeness (QED) is 0.460. The summed E-state index contributed by atoms with van der Waals surface area (Å²) in [4.78, 5) is 13.2. The second kappa shape index (κ2) is 9.12. The van der Waals surface area contributed by atoms with Gasteiger partial charge in [0.2, 0.25) is 0 Å². The van der Waals surface area contributed by atoms with Crippen LogP contribution in [-0.4, -0.2) is 88.6 Å². The van der Waals surface area contributed by atoms with Crippen molar-refractivity contribution in [1.82, 2.24) is 4.90 Å². The van der Waals surface area contributed by atoms with Gasteiger partial charge in [-0.15, -0.1) is 0 Å². The van der Waals surface area contributed by atoms with E-state index in [2.05, 4.69) is 0 Å². The highest BCUT2D eigenvalue weighted by molar-refractivity contribution is 5.89. The molecule has 1 fully saturated rings. The van der Waals surface area contributed by atoms with Gasteiger partial charge < -0.3 is 29.9 Å². The standard InChI is InChI=1S/C17H25NO7/c1-2-24-17(23)11-3-5-12(6-4-11)25-8-7-18-9-14(20)16(22)15(21)13(18)10-19/h3-6,13-16,19-22H,2,7-10H2,1H3/t13-,14?,15-,16?/m1/s1. The van der Waals surface area contributed by atoms with Gasteiger partial charge in [0.15, 0.2) is 0 Å². The normalized spacial score (nSPS) is 27.1. The first-order valence-electron chi connectivity index (χ1n) is 8.27. The number of rotatable bonds is 7. The van der Waals surface area contributed by atoms with Crippen LogP contribution >= 0.6 is 0 Å². The third kappa shape index (κ3) is 4.90. The lowest BCUT2D eigenvalue weighted by Gasteiger charge is -2.42. The molecule has 0 saturated carbocycles. The van der Waals surface area contributed by atoms with Crippen LogP contribution in [0.4, 0.5) is 0 Å². The van der Waals surface area contributed by atoms with Gasteiger partial charge in [-0.1, -0.05) is 0 Å². The Balaban J connectivity index is 1.86. The van der Waals surface area contributed by atoms with Crippen LogP contribution in [0.15, 0.2) is 24.3 Å². The monoisotopic (exact) mass is 355 g/mol. The lowest BCUT2D eigenvalue weighted by Crippen LogP contribution is -2.63. The molecule has 0 amide bonds. The highest BCUT2D eigenvalue weighted by Crippen LogP contribution is 2.19. The number of carbonyl (C=O) groups excluding carboxylic acids is 1. The molecule has 1 aromatic carbocycles. The van der Waals surface area contributed by atoms with E-state index < -0.39 is 30.3 Å². The molecule has 2 unspecified atom stereocenters. The Morgan fingerprint density at radius 1 is 1.20 bits per heavy atom. The van der Waals surface area contributed by atoms with E-state index in [0.717, 1.165) is 0 Å². The predicted octanol–water partition coefficient (Wildman–Crippen LogP) is -0.999. The van der Waals surface area contributed by atoms with Crippen LogP contribution in [0.5, 0.6) is 5.75 Å². The molecule has 4 N–H and O–H groups in total. The molecule has 0 aromatic heterocycles. The summed E-state index contributed by atoms with van der Waals surface area (Å²) in [6.07, 6.45) is -3.58. The molecule has 8 heteroatoms. The summed E-state index contributed by atoms with van der Waals surface area (Å²) in [5, 5.41) is 38.8. The second-order valence-electron chi connectivity index (χ2n) is 5.89. The molecule has 0 radical (unpaired) electrons. The number of nitrogens with zero attached hydrogens (tertiary/aromatic N) is 1. The molecule has 25 heavy (non-hydrogen) atoms. The van der Waals surface area contributed by atoms with E-state index in [-0.39, 0.29) is 19.8 Å². The molecular weight excluding hydrogens is 330 g/mol. The fraction of sp³-hybridized carbons (Fsp3) is 0.588. The molecule has 0 aliphatic carbocycles. The number of hydrogen-bond acceptors (Lipinski definition) is 8. The van der Waals surface area contributed by atoms with Crippen LogP contribution < -0.4 is 4.74 Å². The van der Waals surface area contributed by atoms with E-state index in [1.165, 1.54) is 0 Å². The van der Waals surface area contributed by atoms with Crippen LogP contribution in [-0.2, 0) is 4.74 Å². The molecule has 8 nitrogen and oxygen atoms in total. The summed E-state index contributed by atoms with van der Waals surface area (Å²) in [7, 11) is 0. The molecule has 1 aliphatic rings. The van der Waals surface area contributed by atoms with Crippen LogP contribution in [0.2, 0.25) is 0 Å². The number of aliphatic hydroxyl groups excluding tert-OH is 4. The zero-order chi connectivity index (χ0) is 18.4. The number of ether oxygens (including phenoxy) is 2. The number of aliphatic hydroxyl groups is 4. The van der Waals surface area contributed by atoms with Gasteiger partial charge >= 0.3 is 5.97 Å². The highest BCUT2D eigenvalue weighted by atomic mass is 16.5. The van der Waals surface area contributed by atoms with Crippen molar-refractivity contribution < 1.29 is 34.7 Å². The van der Waals surface area contributed by atoms with Gasteiger partial charge in [-0.25, -0.2) is 4.79 Å². The third-order valence-electron chi connectivity index (χ3n) is 4.23. The van der Waals surface area contributed by atoms with E-state index >= 15 is 0 Å². The van der Waals surface area contributed by atoms with E-state index in [1.54, 1.807) is 36.1 Å². The molecule has 1 aliphatic heterocycles. The van der Waals surface area contributed by atoms with Crippen LogP contribution in [0.3, 0.4) is 0 Å².